The van der Waals surface area contributed by atoms with Crippen LogP contribution in [0.3, 0.4) is 0 Å². The van der Waals surface area contributed by atoms with E-state index in [4.69, 9.17) is 14.2 Å². The molecule has 0 heterocycles. The molecular weight excluding hydrogens is 472 g/mol. The minimum atomic E-state index is -0.480. The molecule has 198 valence electrons. The van der Waals surface area contributed by atoms with Gasteiger partial charge < -0.3 is 35.1 Å². The van der Waals surface area contributed by atoms with Gasteiger partial charge in [-0.15, -0.1) is 0 Å². The van der Waals surface area contributed by atoms with Crippen LogP contribution in [0.15, 0.2) is 72.8 Å². The molecule has 1 unspecified atom stereocenters. The molecule has 3 aromatic rings. The van der Waals surface area contributed by atoms with Gasteiger partial charge in [0.05, 0.1) is 18.3 Å². The third-order valence-electron chi connectivity index (χ3n) is 5.68. The lowest BCUT2D eigenvalue weighted by molar-refractivity contribution is 0.0947. The highest BCUT2D eigenvalue weighted by Crippen LogP contribution is 2.23. The number of aryl methyl sites for hydroxylation is 1. The number of aromatic hydroxyl groups is 1. The average molecular weight is 509 g/mol. The van der Waals surface area contributed by atoms with Gasteiger partial charge in [0, 0.05) is 26.7 Å². The number of aliphatic hydroxyl groups is 1. The summed E-state index contributed by atoms with van der Waals surface area (Å²) in [6.45, 7) is 2.76. The number of rotatable bonds is 16. The number of hydrogen-bond acceptors (Lipinski definition) is 7. The molecule has 0 fully saturated rings. The number of carbonyl (C=O) groups is 1. The monoisotopic (exact) mass is 508 g/mol. The van der Waals surface area contributed by atoms with Gasteiger partial charge in [-0.1, -0.05) is 42.5 Å². The van der Waals surface area contributed by atoms with Gasteiger partial charge in [0.15, 0.2) is 0 Å². The minimum Gasteiger partial charge on any atom is -0.507 e. The first-order valence-electron chi connectivity index (χ1n) is 12.4. The third kappa shape index (κ3) is 10.1. The Balaban J connectivity index is 1.32. The molecule has 0 spiro atoms. The second kappa shape index (κ2) is 15.5. The first-order chi connectivity index (χ1) is 18.0. The van der Waals surface area contributed by atoms with Crippen molar-refractivity contribution in [3.8, 4) is 17.2 Å². The molecule has 0 radical (unpaired) electrons. The van der Waals surface area contributed by atoms with E-state index in [-0.39, 0.29) is 17.2 Å². The first kappa shape index (κ1) is 28.0. The maximum Gasteiger partial charge on any atom is 0.255 e. The zero-order valence-electron chi connectivity index (χ0n) is 21.2. The number of methoxy groups -OCH3 is 1. The van der Waals surface area contributed by atoms with Crippen molar-refractivity contribution in [1.29, 1.82) is 0 Å². The molecule has 0 aromatic heterocycles. The number of amides is 1. The highest BCUT2D eigenvalue weighted by atomic mass is 16.5. The van der Waals surface area contributed by atoms with E-state index in [0.717, 1.165) is 23.3 Å². The SMILES string of the molecule is COCCOc1ccc(CCC(O)CNCCOc2ccc(O)c(C(=O)NCc3ccccc3)c2)cc1. The molecule has 0 aliphatic heterocycles. The first-order valence-corrected chi connectivity index (χ1v) is 12.4. The third-order valence-corrected chi connectivity index (χ3v) is 5.68. The van der Waals surface area contributed by atoms with Crippen LogP contribution in [0.2, 0.25) is 0 Å². The van der Waals surface area contributed by atoms with Gasteiger partial charge in [0.1, 0.15) is 30.5 Å². The van der Waals surface area contributed by atoms with Crippen LogP contribution in [0.25, 0.3) is 0 Å². The Kier molecular flexibility index (Phi) is 11.7. The van der Waals surface area contributed by atoms with E-state index in [1.807, 2.05) is 54.6 Å². The summed E-state index contributed by atoms with van der Waals surface area (Å²) in [5.74, 6) is 0.810. The number of carbonyl (C=O) groups excluding carboxylic acids is 1. The molecule has 0 aliphatic carbocycles. The quantitative estimate of drug-likeness (QED) is 0.220. The van der Waals surface area contributed by atoms with Crippen LogP contribution in [-0.4, -0.2) is 62.2 Å². The lowest BCUT2D eigenvalue weighted by atomic mass is 10.1. The molecule has 3 aromatic carbocycles. The summed E-state index contributed by atoms with van der Waals surface area (Å²) in [4.78, 5) is 12.5. The zero-order chi connectivity index (χ0) is 26.3. The van der Waals surface area contributed by atoms with Crippen molar-refractivity contribution in [3.63, 3.8) is 0 Å². The summed E-state index contributed by atoms with van der Waals surface area (Å²) in [6.07, 6.45) is 0.920. The fourth-order valence-corrected chi connectivity index (χ4v) is 3.60. The Morgan fingerprint density at radius 2 is 1.62 bits per heavy atom. The number of hydrogen-bond donors (Lipinski definition) is 4. The Labute approximate surface area is 218 Å². The molecule has 37 heavy (non-hydrogen) atoms. The normalized spacial score (nSPS) is 11.6. The summed E-state index contributed by atoms with van der Waals surface area (Å²) < 4.78 is 16.2. The standard InChI is InChI=1S/C29H36N2O6/c1-35-17-18-37-25-11-8-22(9-12-25)7-10-24(32)21-30-15-16-36-26-13-14-28(33)27(19-26)29(34)31-20-23-5-3-2-4-6-23/h2-6,8-9,11-14,19,24,30,32-33H,7,10,15-18,20-21H2,1H3,(H,31,34). The molecule has 8 heteroatoms. The molecule has 0 bridgehead atoms. The second-order valence-corrected chi connectivity index (χ2v) is 8.58. The van der Waals surface area contributed by atoms with E-state index in [1.54, 1.807) is 13.2 Å². The van der Waals surface area contributed by atoms with Crippen LogP contribution in [0.1, 0.15) is 27.9 Å². The van der Waals surface area contributed by atoms with E-state index in [1.165, 1.54) is 12.1 Å². The van der Waals surface area contributed by atoms with Crippen LogP contribution in [0.4, 0.5) is 0 Å². The molecule has 0 saturated heterocycles. The summed E-state index contributed by atoms with van der Waals surface area (Å²) in [6, 6.07) is 22.0. The van der Waals surface area contributed by atoms with Crippen molar-refractivity contribution in [1.82, 2.24) is 10.6 Å². The number of benzene rings is 3. The van der Waals surface area contributed by atoms with Gasteiger partial charge in [-0.25, -0.2) is 0 Å². The van der Waals surface area contributed by atoms with E-state index in [2.05, 4.69) is 10.6 Å². The van der Waals surface area contributed by atoms with Crippen LogP contribution in [0.5, 0.6) is 17.2 Å². The molecule has 1 atom stereocenters. The van der Waals surface area contributed by atoms with E-state index in [9.17, 15) is 15.0 Å². The average Bonchev–Trinajstić information content (AvgIpc) is 2.92. The molecule has 8 nitrogen and oxygen atoms in total. The van der Waals surface area contributed by atoms with Gasteiger partial charge in [-0.05, 0) is 54.3 Å². The Morgan fingerprint density at radius 1 is 0.892 bits per heavy atom. The van der Waals surface area contributed by atoms with Crippen LogP contribution < -0.4 is 20.1 Å². The van der Waals surface area contributed by atoms with Crippen molar-refractivity contribution >= 4 is 5.91 Å². The lowest BCUT2D eigenvalue weighted by Crippen LogP contribution is -2.30. The molecule has 0 saturated carbocycles. The molecular formula is C29H36N2O6. The maximum atomic E-state index is 12.5. The van der Waals surface area contributed by atoms with E-state index < -0.39 is 6.10 Å². The van der Waals surface area contributed by atoms with Crippen molar-refractivity contribution in [2.24, 2.45) is 0 Å². The fourth-order valence-electron chi connectivity index (χ4n) is 3.60. The molecule has 4 N–H and O–H groups in total. The smallest absolute Gasteiger partial charge is 0.255 e. The molecule has 0 aliphatic rings. The number of aliphatic hydroxyl groups excluding tert-OH is 1. The number of nitrogens with one attached hydrogen (secondary N) is 2. The highest BCUT2D eigenvalue weighted by Gasteiger charge is 2.12. The molecule has 3 rings (SSSR count). The summed E-state index contributed by atoms with van der Waals surface area (Å²) in [5.41, 5.74) is 2.26. The van der Waals surface area contributed by atoms with E-state index in [0.29, 0.717) is 51.6 Å². The van der Waals surface area contributed by atoms with Gasteiger partial charge in [0.25, 0.3) is 5.91 Å². The van der Waals surface area contributed by atoms with Crippen LogP contribution >= 0.6 is 0 Å². The Bertz CT molecular complexity index is 1080. The Morgan fingerprint density at radius 3 is 2.38 bits per heavy atom. The second-order valence-electron chi connectivity index (χ2n) is 8.58. The van der Waals surface area contributed by atoms with Crippen molar-refractivity contribution in [2.75, 3.05) is 40.0 Å². The van der Waals surface area contributed by atoms with Crippen LogP contribution in [-0.2, 0) is 17.7 Å². The summed E-state index contributed by atoms with van der Waals surface area (Å²) >= 11 is 0. The van der Waals surface area contributed by atoms with Gasteiger partial charge >= 0.3 is 0 Å². The predicted octanol–water partition coefficient (Wildman–Crippen LogP) is 3.31. The van der Waals surface area contributed by atoms with Gasteiger partial charge in [-0.2, -0.15) is 0 Å². The number of phenolic OH excluding ortho intramolecular Hbond substituents is 1. The predicted molar refractivity (Wildman–Crippen MR) is 142 cm³/mol. The maximum absolute atomic E-state index is 12.5. The number of phenols is 1. The van der Waals surface area contributed by atoms with Crippen molar-refractivity contribution < 1.29 is 29.2 Å². The van der Waals surface area contributed by atoms with Gasteiger partial charge in [0.2, 0.25) is 0 Å². The summed E-state index contributed by atoms with van der Waals surface area (Å²) in [5, 5.41) is 26.4. The molecule has 1 amide bonds. The number of ether oxygens (including phenoxy) is 3. The largest absolute Gasteiger partial charge is 0.507 e. The highest BCUT2D eigenvalue weighted by molar-refractivity contribution is 5.97. The topological polar surface area (TPSA) is 109 Å². The minimum absolute atomic E-state index is 0.104. The van der Waals surface area contributed by atoms with Crippen molar-refractivity contribution in [3.05, 3.63) is 89.5 Å². The zero-order valence-corrected chi connectivity index (χ0v) is 21.2. The van der Waals surface area contributed by atoms with Crippen molar-refractivity contribution in [2.45, 2.75) is 25.5 Å². The van der Waals surface area contributed by atoms with Gasteiger partial charge in [-0.3, -0.25) is 4.79 Å². The lowest BCUT2D eigenvalue weighted by Gasteiger charge is -2.13. The Hall–Kier alpha value is -3.59. The van der Waals surface area contributed by atoms with E-state index >= 15 is 0 Å². The summed E-state index contributed by atoms with van der Waals surface area (Å²) in [7, 11) is 1.64. The van der Waals surface area contributed by atoms with Crippen LogP contribution in [0, 0.1) is 0 Å². The fraction of sp³-hybridized carbons (Fsp3) is 0.345.